The molecule has 1 aromatic carbocycles. The molecule has 1 aliphatic rings. The highest BCUT2D eigenvalue weighted by Gasteiger charge is 2.21. The van der Waals surface area contributed by atoms with Crippen LogP contribution in [0.2, 0.25) is 0 Å². The molecule has 4 rings (SSSR count). The number of benzene rings is 1. The molecule has 1 amide bonds. The topological polar surface area (TPSA) is 76.6 Å². The van der Waals surface area contributed by atoms with Crippen molar-refractivity contribution in [1.82, 2.24) is 10.2 Å². The molecule has 7 nitrogen and oxygen atoms in total. The molecular formula is C19H20N4O3S3. The van der Waals surface area contributed by atoms with Crippen molar-refractivity contribution in [3.63, 3.8) is 0 Å². The lowest BCUT2D eigenvalue weighted by Gasteiger charge is -2.25. The van der Waals surface area contributed by atoms with Crippen LogP contribution in [0.5, 0.6) is 11.5 Å². The first-order chi connectivity index (χ1) is 14.2. The van der Waals surface area contributed by atoms with E-state index in [1.54, 1.807) is 16.2 Å². The van der Waals surface area contributed by atoms with Gasteiger partial charge in [0.15, 0.2) is 15.8 Å². The first-order valence-electron chi connectivity index (χ1n) is 9.15. The number of rotatable bonds is 8. The third-order valence-corrected chi connectivity index (χ3v) is 6.95. The molecule has 2 aromatic heterocycles. The molecule has 1 N–H and O–H groups in total. The van der Waals surface area contributed by atoms with Crippen LogP contribution in [0, 0.1) is 0 Å². The van der Waals surface area contributed by atoms with Gasteiger partial charge in [0.05, 0.1) is 12.3 Å². The number of thioether (sulfide) groups is 1. The molecule has 0 bridgehead atoms. The van der Waals surface area contributed by atoms with Gasteiger partial charge in [-0.3, -0.25) is 4.79 Å². The van der Waals surface area contributed by atoms with E-state index in [-0.39, 0.29) is 11.7 Å². The van der Waals surface area contributed by atoms with Crippen molar-refractivity contribution < 1.29 is 14.3 Å². The van der Waals surface area contributed by atoms with Crippen LogP contribution in [-0.2, 0) is 11.3 Å². The van der Waals surface area contributed by atoms with Gasteiger partial charge >= 0.3 is 0 Å². The third-order valence-electron chi connectivity index (χ3n) is 4.09. The summed E-state index contributed by atoms with van der Waals surface area (Å²) in [6, 6.07) is 9.66. The zero-order chi connectivity index (χ0) is 20.1. The van der Waals surface area contributed by atoms with Crippen LogP contribution in [-0.4, -0.2) is 41.6 Å². The summed E-state index contributed by atoms with van der Waals surface area (Å²) in [4.78, 5) is 16.0. The average molecular weight is 449 g/mol. The van der Waals surface area contributed by atoms with Gasteiger partial charge in [-0.1, -0.05) is 29.2 Å². The highest BCUT2D eigenvalue weighted by atomic mass is 32.2. The Bertz CT molecular complexity index is 962. The number of ether oxygens (including phenoxy) is 2. The number of hydrogen-bond acceptors (Lipinski definition) is 9. The Morgan fingerprint density at radius 1 is 1.24 bits per heavy atom. The molecule has 152 valence electrons. The Hall–Kier alpha value is -2.30. The second-order valence-electron chi connectivity index (χ2n) is 6.08. The van der Waals surface area contributed by atoms with Crippen LogP contribution in [0.25, 0.3) is 0 Å². The fourth-order valence-electron chi connectivity index (χ4n) is 2.77. The Kier molecular flexibility index (Phi) is 6.53. The maximum absolute atomic E-state index is 13.1. The number of thiophene rings is 1. The van der Waals surface area contributed by atoms with E-state index in [0.717, 1.165) is 26.6 Å². The quantitative estimate of drug-likeness (QED) is 0.519. The van der Waals surface area contributed by atoms with Crippen molar-refractivity contribution in [2.45, 2.75) is 17.8 Å². The zero-order valence-electron chi connectivity index (χ0n) is 15.8. The minimum Gasteiger partial charge on any atom is -0.486 e. The summed E-state index contributed by atoms with van der Waals surface area (Å²) < 4.78 is 12.1. The van der Waals surface area contributed by atoms with E-state index in [4.69, 9.17) is 9.47 Å². The van der Waals surface area contributed by atoms with Crippen molar-refractivity contribution in [3.05, 3.63) is 40.6 Å². The lowest BCUT2D eigenvalue weighted by molar-refractivity contribution is -0.116. The van der Waals surface area contributed by atoms with Crippen LogP contribution in [0.3, 0.4) is 0 Å². The van der Waals surface area contributed by atoms with E-state index in [9.17, 15) is 4.79 Å². The molecule has 1 aliphatic heterocycles. The first-order valence-corrected chi connectivity index (χ1v) is 11.8. The van der Waals surface area contributed by atoms with E-state index in [1.807, 2.05) is 42.6 Å². The minimum absolute atomic E-state index is 0.000258. The van der Waals surface area contributed by atoms with Gasteiger partial charge in [-0.25, -0.2) is 0 Å². The molecular weight excluding hydrogens is 428 g/mol. The van der Waals surface area contributed by atoms with Crippen molar-refractivity contribution in [1.29, 1.82) is 0 Å². The Labute approximate surface area is 181 Å². The Morgan fingerprint density at radius 3 is 2.90 bits per heavy atom. The molecule has 0 radical (unpaired) electrons. The van der Waals surface area contributed by atoms with Crippen molar-refractivity contribution >= 4 is 51.2 Å². The standard InChI is InChI=1S/C19H20N4O3S3/c1-2-20-18-21-22-19(29-18)28-12-17(24)23(11-14-4-3-9-27-14)13-5-6-15-16(10-13)26-8-7-25-15/h3-6,9-10H,2,7-8,11-12H2,1H3,(H,20,21). The number of nitrogens with one attached hydrogen (secondary N) is 1. The zero-order valence-corrected chi connectivity index (χ0v) is 18.2. The second-order valence-corrected chi connectivity index (χ2v) is 9.31. The molecule has 0 saturated carbocycles. The maximum atomic E-state index is 13.1. The fourth-order valence-corrected chi connectivity index (χ4v) is 5.16. The average Bonchev–Trinajstić information content (AvgIpc) is 3.42. The van der Waals surface area contributed by atoms with E-state index in [0.29, 0.717) is 31.3 Å². The van der Waals surface area contributed by atoms with Crippen LogP contribution >= 0.6 is 34.4 Å². The maximum Gasteiger partial charge on any atom is 0.237 e. The monoisotopic (exact) mass is 448 g/mol. The first kappa shape index (κ1) is 20.0. The molecule has 0 aliphatic carbocycles. The van der Waals surface area contributed by atoms with Gasteiger partial charge in [-0.15, -0.1) is 21.5 Å². The van der Waals surface area contributed by atoms with Gasteiger partial charge in [0, 0.05) is 23.2 Å². The smallest absolute Gasteiger partial charge is 0.237 e. The molecule has 0 unspecified atom stereocenters. The van der Waals surface area contributed by atoms with E-state index >= 15 is 0 Å². The van der Waals surface area contributed by atoms with Crippen molar-refractivity contribution in [3.8, 4) is 11.5 Å². The normalized spacial score (nSPS) is 12.6. The van der Waals surface area contributed by atoms with Crippen molar-refractivity contribution in [2.24, 2.45) is 0 Å². The SMILES string of the molecule is CCNc1nnc(SCC(=O)N(Cc2cccs2)c2ccc3c(c2)OCCO3)s1. The van der Waals surface area contributed by atoms with Gasteiger partial charge in [0.25, 0.3) is 0 Å². The summed E-state index contributed by atoms with van der Waals surface area (Å²) in [5, 5.41) is 14.1. The molecule has 0 atom stereocenters. The van der Waals surface area contributed by atoms with E-state index in [2.05, 4.69) is 15.5 Å². The number of aromatic nitrogens is 2. The summed E-state index contributed by atoms with van der Waals surface area (Å²) in [5.41, 5.74) is 0.791. The van der Waals surface area contributed by atoms with Gasteiger partial charge in [-0.05, 0) is 30.5 Å². The van der Waals surface area contributed by atoms with E-state index in [1.165, 1.54) is 23.1 Å². The number of hydrogen-bond donors (Lipinski definition) is 1. The number of amides is 1. The summed E-state index contributed by atoms with van der Waals surface area (Å²) in [6.45, 7) is 4.35. The van der Waals surface area contributed by atoms with Crippen LogP contribution in [0.1, 0.15) is 11.8 Å². The van der Waals surface area contributed by atoms with Crippen molar-refractivity contribution in [2.75, 3.05) is 35.7 Å². The van der Waals surface area contributed by atoms with Gasteiger partial charge in [-0.2, -0.15) is 0 Å². The molecule has 0 fully saturated rings. The van der Waals surface area contributed by atoms with Gasteiger partial charge in [0.1, 0.15) is 13.2 Å². The summed E-state index contributed by atoms with van der Waals surface area (Å²) in [5.74, 6) is 1.66. The molecule has 29 heavy (non-hydrogen) atoms. The van der Waals surface area contributed by atoms with Crippen LogP contribution in [0.4, 0.5) is 10.8 Å². The lowest BCUT2D eigenvalue weighted by Crippen LogP contribution is -2.31. The number of carbonyl (C=O) groups excluding carboxylic acids is 1. The number of carbonyl (C=O) groups is 1. The molecule has 3 aromatic rings. The number of nitrogens with zero attached hydrogens (tertiary/aromatic N) is 3. The molecule has 3 heterocycles. The number of fused-ring (bicyclic) bond motifs is 1. The molecule has 10 heteroatoms. The fraction of sp³-hybridized carbons (Fsp3) is 0.316. The molecule has 0 saturated heterocycles. The Morgan fingerprint density at radius 2 is 2.10 bits per heavy atom. The summed E-state index contributed by atoms with van der Waals surface area (Å²) in [6.07, 6.45) is 0. The van der Waals surface area contributed by atoms with Crippen LogP contribution < -0.4 is 19.7 Å². The molecule has 0 spiro atoms. The number of anilines is 2. The predicted molar refractivity (Wildman–Crippen MR) is 118 cm³/mol. The highest BCUT2D eigenvalue weighted by Crippen LogP contribution is 2.35. The third kappa shape index (κ3) is 5.01. The Balaban J connectivity index is 1.50. The largest absolute Gasteiger partial charge is 0.486 e. The predicted octanol–water partition coefficient (Wildman–Crippen LogP) is 4.13. The summed E-state index contributed by atoms with van der Waals surface area (Å²) >= 11 is 4.49. The van der Waals surface area contributed by atoms with Gasteiger partial charge in [0.2, 0.25) is 11.0 Å². The highest BCUT2D eigenvalue weighted by molar-refractivity contribution is 8.01. The van der Waals surface area contributed by atoms with Gasteiger partial charge < -0.3 is 19.7 Å². The minimum atomic E-state index is 0.000258. The lowest BCUT2D eigenvalue weighted by atomic mass is 10.2. The van der Waals surface area contributed by atoms with Crippen LogP contribution in [0.15, 0.2) is 40.1 Å². The van der Waals surface area contributed by atoms with E-state index < -0.39 is 0 Å². The summed E-state index contributed by atoms with van der Waals surface area (Å²) in [7, 11) is 0. The second kappa shape index (κ2) is 9.47.